The van der Waals surface area contributed by atoms with Crippen molar-refractivity contribution in [2.24, 2.45) is 0 Å². The molecule has 0 saturated carbocycles. The number of nitrogens with zero attached hydrogens (tertiary/aromatic N) is 5. The molecule has 5 aromatic rings. The zero-order valence-electron chi connectivity index (χ0n) is 30.9. The number of carbonyl (C=O) groups excluding carboxylic acids is 1. The highest BCUT2D eigenvalue weighted by molar-refractivity contribution is 5.93. The second-order valence-corrected chi connectivity index (χ2v) is 13.2. The van der Waals surface area contributed by atoms with Crippen molar-refractivity contribution in [2.45, 2.75) is 64.8 Å². The van der Waals surface area contributed by atoms with Crippen molar-refractivity contribution >= 4 is 28.3 Å². The molecule has 1 aliphatic rings. The van der Waals surface area contributed by atoms with Crippen LogP contribution in [-0.2, 0) is 16.1 Å². The summed E-state index contributed by atoms with van der Waals surface area (Å²) in [5.74, 6) is 1.83. The molecule has 6 rings (SSSR count). The van der Waals surface area contributed by atoms with Gasteiger partial charge in [-0.2, -0.15) is 5.10 Å². The first kappa shape index (κ1) is 37.5. The van der Waals surface area contributed by atoms with Crippen LogP contribution in [0.4, 0.5) is 11.4 Å². The Morgan fingerprint density at radius 1 is 0.943 bits per heavy atom. The normalized spacial score (nSPS) is 14.3. The van der Waals surface area contributed by atoms with Crippen molar-refractivity contribution in [2.75, 3.05) is 45.4 Å². The average Bonchev–Trinajstić information content (AvgIpc) is 3.67. The van der Waals surface area contributed by atoms with E-state index in [0.29, 0.717) is 30.6 Å². The fraction of sp³-hybridized carbons (Fsp3) is 0.400. The highest BCUT2D eigenvalue weighted by Gasteiger charge is 2.17. The minimum Gasteiger partial charge on any atom is -0.497 e. The molecule has 0 spiro atoms. The molecule has 280 valence electrons. The van der Waals surface area contributed by atoms with Crippen molar-refractivity contribution in [1.29, 1.82) is 0 Å². The van der Waals surface area contributed by atoms with Crippen molar-refractivity contribution in [3.8, 4) is 28.5 Å². The summed E-state index contributed by atoms with van der Waals surface area (Å²) in [7, 11) is 3.31. The van der Waals surface area contributed by atoms with Gasteiger partial charge in [0.25, 0.3) is 5.91 Å². The topological polar surface area (TPSA) is 134 Å². The maximum Gasteiger partial charge on any atom is 0.274 e. The van der Waals surface area contributed by atoms with Crippen molar-refractivity contribution in [3.63, 3.8) is 0 Å². The van der Waals surface area contributed by atoms with Gasteiger partial charge in [0.15, 0.2) is 6.29 Å². The SMILES string of the molecule is COc1cc(OC)cc(N(CCNC(C)C)c2ccc3ncc(-c4cnn(CCCCOc5ccc(C(=O)NOC6CCCCO6)cc5)c4)nc3c2)c1. The van der Waals surface area contributed by atoms with Crippen LogP contribution in [0.2, 0.25) is 0 Å². The van der Waals surface area contributed by atoms with Gasteiger partial charge in [0, 0.05) is 85.6 Å². The van der Waals surface area contributed by atoms with E-state index >= 15 is 0 Å². The van der Waals surface area contributed by atoms with Gasteiger partial charge in [0.2, 0.25) is 0 Å². The molecule has 13 heteroatoms. The Morgan fingerprint density at radius 3 is 2.49 bits per heavy atom. The number of amides is 1. The molecule has 0 bridgehead atoms. The highest BCUT2D eigenvalue weighted by Crippen LogP contribution is 2.34. The van der Waals surface area contributed by atoms with Crippen LogP contribution in [0.1, 0.15) is 56.3 Å². The van der Waals surface area contributed by atoms with Gasteiger partial charge in [-0.25, -0.2) is 15.3 Å². The maximum absolute atomic E-state index is 12.4. The van der Waals surface area contributed by atoms with E-state index in [1.807, 2.05) is 41.3 Å². The highest BCUT2D eigenvalue weighted by atomic mass is 16.8. The molecule has 3 heterocycles. The van der Waals surface area contributed by atoms with Crippen LogP contribution in [0.5, 0.6) is 17.2 Å². The molecule has 0 aliphatic carbocycles. The number of hydrogen-bond donors (Lipinski definition) is 2. The van der Waals surface area contributed by atoms with E-state index in [9.17, 15) is 4.79 Å². The lowest BCUT2D eigenvalue weighted by Crippen LogP contribution is -2.33. The molecule has 1 unspecified atom stereocenters. The Balaban J connectivity index is 1.03. The van der Waals surface area contributed by atoms with Gasteiger partial charge in [0.1, 0.15) is 17.2 Å². The smallest absolute Gasteiger partial charge is 0.274 e. The van der Waals surface area contributed by atoms with Crippen LogP contribution in [0.15, 0.2) is 79.3 Å². The van der Waals surface area contributed by atoms with Gasteiger partial charge < -0.3 is 29.2 Å². The summed E-state index contributed by atoms with van der Waals surface area (Å²) in [5, 5.41) is 8.10. The first-order valence-corrected chi connectivity index (χ1v) is 18.2. The number of anilines is 2. The standard InChI is InChI=1S/C40H49N7O6/c1-28(2)41-16-18-47(32-21-34(49-3)24-35(22-32)50-4)31-12-15-36-37(23-31)44-38(26-42-36)30-25-43-46(27-30)17-6-8-19-51-33-13-10-29(11-14-33)40(48)45-53-39-9-5-7-20-52-39/h10-15,21-28,39,41H,5-9,16-20H2,1-4H3,(H,45,48). The summed E-state index contributed by atoms with van der Waals surface area (Å²) in [5.41, 5.74) is 8.17. The summed E-state index contributed by atoms with van der Waals surface area (Å²) in [6.45, 7) is 7.73. The van der Waals surface area contributed by atoms with E-state index in [0.717, 1.165) is 96.9 Å². The Morgan fingerprint density at radius 2 is 1.75 bits per heavy atom. The number of methoxy groups -OCH3 is 2. The average molecular weight is 724 g/mol. The lowest BCUT2D eigenvalue weighted by atomic mass is 10.2. The number of benzene rings is 3. The van der Waals surface area contributed by atoms with Crippen LogP contribution >= 0.6 is 0 Å². The van der Waals surface area contributed by atoms with E-state index < -0.39 is 0 Å². The third kappa shape index (κ3) is 10.4. The van der Waals surface area contributed by atoms with Gasteiger partial charge >= 0.3 is 0 Å². The van der Waals surface area contributed by atoms with Crippen LogP contribution in [-0.4, -0.2) is 78.5 Å². The molecular formula is C40H49N7O6. The first-order valence-electron chi connectivity index (χ1n) is 18.2. The van der Waals surface area contributed by atoms with Crippen molar-refractivity contribution in [1.82, 2.24) is 30.5 Å². The predicted molar refractivity (Wildman–Crippen MR) is 204 cm³/mol. The number of nitrogens with one attached hydrogen (secondary N) is 2. The number of hydrogen-bond acceptors (Lipinski definition) is 11. The lowest BCUT2D eigenvalue weighted by Gasteiger charge is -2.27. The van der Waals surface area contributed by atoms with E-state index in [1.165, 1.54) is 0 Å². The zero-order chi connectivity index (χ0) is 37.0. The van der Waals surface area contributed by atoms with Crippen LogP contribution in [0, 0.1) is 0 Å². The monoisotopic (exact) mass is 723 g/mol. The molecule has 2 N–H and O–H groups in total. The van der Waals surface area contributed by atoms with Gasteiger partial charge in [-0.05, 0) is 68.1 Å². The second kappa shape index (κ2) is 18.5. The largest absolute Gasteiger partial charge is 0.497 e. The molecular weight excluding hydrogens is 674 g/mol. The number of carbonyl (C=O) groups is 1. The van der Waals surface area contributed by atoms with Gasteiger partial charge in [-0.3, -0.25) is 14.5 Å². The lowest BCUT2D eigenvalue weighted by molar-refractivity contribution is -0.186. The molecule has 3 aromatic carbocycles. The van der Waals surface area contributed by atoms with Crippen molar-refractivity contribution in [3.05, 3.63) is 84.8 Å². The molecule has 1 amide bonds. The van der Waals surface area contributed by atoms with Gasteiger partial charge in [-0.1, -0.05) is 13.8 Å². The van der Waals surface area contributed by atoms with E-state index in [-0.39, 0.29) is 12.2 Å². The first-order chi connectivity index (χ1) is 25.9. The number of fused-ring (bicyclic) bond motifs is 1. The second-order valence-electron chi connectivity index (χ2n) is 13.2. The fourth-order valence-electron chi connectivity index (χ4n) is 6.00. The van der Waals surface area contributed by atoms with E-state index in [2.05, 4.69) is 46.8 Å². The van der Waals surface area contributed by atoms with Crippen LogP contribution < -0.4 is 29.9 Å². The molecule has 1 atom stereocenters. The number of ether oxygens (including phenoxy) is 4. The summed E-state index contributed by atoms with van der Waals surface area (Å²) >= 11 is 0. The summed E-state index contributed by atoms with van der Waals surface area (Å²) in [6, 6.07) is 19.4. The number of unbranched alkanes of at least 4 members (excludes halogenated alkanes) is 1. The Labute approximate surface area is 310 Å². The molecule has 0 radical (unpaired) electrons. The maximum atomic E-state index is 12.4. The van der Waals surface area contributed by atoms with E-state index in [4.69, 9.17) is 33.8 Å². The minimum absolute atomic E-state index is 0.313. The Bertz CT molecular complexity index is 1900. The molecule has 53 heavy (non-hydrogen) atoms. The minimum atomic E-state index is -0.388. The third-order valence-electron chi connectivity index (χ3n) is 8.89. The number of aryl methyl sites for hydroxylation is 1. The molecule has 1 aliphatic heterocycles. The zero-order valence-corrected chi connectivity index (χ0v) is 30.9. The third-order valence-corrected chi connectivity index (χ3v) is 8.89. The number of aromatic nitrogens is 4. The fourth-order valence-corrected chi connectivity index (χ4v) is 6.00. The molecule has 13 nitrogen and oxygen atoms in total. The van der Waals surface area contributed by atoms with Crippen molar-refractivity contribution < 1.29 is 28.6 Å². The van der Waals surface area contributed by atoms with Gasteiger partial charge in [0.05, 0.1) is 49.9 Å². The summed E-state index contributed by atoms with van der Waals surface area (Å²) in [6.07, 6.45) is 9.77. The predicted octanol–water partition coefficient (Wildman–Crippen LogP) is 6.69. The van der Waals surface area contributed by atoms with E-state index in [1.54, 1.807) is 44.7 Å². The molecule has 1 saturated heterocycles. The number of rotatable bonds is 18. The molecule has 2 aromatic heterocycles. The van der Waals surface area contributed by atoms with Crippen LogP contribution in [0.25, 0.3) is 22.3 Å². The Kier molecular flexibility index (Phi) is 13.1. The molecule has 1 fully saturated rings. The summed E-state index contributed by atoms with van der Waals surface area (Å²) in [4.78, 5) is 29.7. The quantitative estimate of drug-likeness (QED) is 0.0740. The van der Waals surface area contributed by atoms with Gasteiger partial charge in [-0.15, -0.1) is 0 Å². The number of hydroxylamine groups is 1. The summed E-state index contributed by atoms with van der Waals surface area (Å²) < 4.78 is 24.5. The Hall–Kier alpha value is -5.24. The van der Waals surface area contributed by atoms with Crippen LogP contribution in [0.3, 0.4) is 0 Å².